The molecule has 2 fully saturated rings. The molecule has 0 aromatic carbocycles. The predicted octanol–water partition coefficient (Wildman–Crippen LogP) is 0.456. The van der Waals surface area contributed by atoms with Crippen molar-refractivity contribution >= 4 is 11.7 Å². The number of likely N-dealkylation sites (tertiary alicyclic amines) is 2. The number of carbonyl (C=O) groups is 1. The Kier molecular flexibility index (Phi) is 4.63. The van der Waals surface area contributed by atoms with Gasteiger partial charge in [0.15, 0.2) is 5.84 Å². The molecule has 19 heavy (non-hydrogen) atoms. The summed E-state index contributed by atoms with van der Waals surface area (Å²) in [4.78, 5) is 16.6. The van der Waals surface area contributed by atoms with Crippen LogP contribution in [0.25, 0.3) is 0 Å². The molecule has 2 unspecified atom stereocenters. The molecule has 0 aliphatic carbocycles. The summed E-state index contributed by atoms with van der Waals surface area (Å²) in [7, 11) is 0. The van der Waals surface area contributed by atoms with Gasteiger partial charge in [-0.2, -0.15) is 0 Å². The molecule has 0 aromatic rings. The number of rotatable bonds is 3. The summed E-state index contributed by atoms with van der Waals surface area (Å²) in [6.45, 7) is 5.56. The summed E-state index contributed by atoms with van der Waals surface area (Å²) < 4.78 is 0. The lowest BCUT2D eigenvalue weighted by Gasteiger charge is -2.32. The van der Waals surface area contributed by atoms with Crippen molar-refractivity contribution in [2.24, 2.45) is 16.8 Å². The van der Waals surface area contributed by atoms with Crippen LogP contribution in [0.5, 0.6) is 0 Å². The van der Waals surface area contributed by atoms with Crippen LogP contribution in [0, 0.1) is 5.92 Å². The third kappa shape index (κ3) is 3.18. The van der Waals surface area contributed by atoms with Crippen LogP contribution in [0.1, 0.15) is 32.6 Å². The van der Waals surface area contributed by atoms with Crippen molar-refractivity contribution in [3.63, 3.8) is 0 Å². The van der Waals surface area contributed by atoms with Gasteiger partial charge in [-0.1, -0.05) is 11.6 Å². The number of nitrogens with two attached hydrogens (primary N) is 1. The van der Waals surface area contributed by atoms with E-state index >= 15 is 0 Å². The van der Waals surface area contributed by atoms with Gasteiger partial charge in [0.05, 0.1) is 5.92 Å². The quantitative estimate of drug-likeness (QED) is 0.337. The zero-order chi connectivity index (χ0) is 13.8. The molecule has 2 aliphatic rings. The minimum absolute atomic E-state index is 0.00794. The Bertz CT molecular complexity index is 353. The first-order chi connectivity index (χ1) is 9.13. The lowest BCUT2D eigenvalue weighted by atomic mass is 10.1. The van der Waals surface area contributed by atoms with Gasteiger partial charge in [-0.15, -0.1) is 0 Å². The van der Waals surface area contributed by atoms with Gasteiger partial charge in [0.2, 0.25) is 5.91 Å². The number of piperidine rings is 1. The summed E-state index contributed by atoms with van der Waals surface area (Å²) in [5.74, 6) is -0.577. The summed E-state index contributed by atoms with van der Waals surface area (Å²) in [6, 6.07) is 0.490. The van der Waals surface area contributed by atoms with Crippen molar-refractivity contribution in [1.29, 1.82) is 0 Å². The molecule has 6 heteroatoms. The van der Waals surface area contributed by atoms with Crippen LogP contribution in [-0.2, 0) is 4.79 Å². The van der Waals surface area contributed by atoms with Gasteiger partial charge in [0.1, 0.15) is 0 Å². The maximum absolute atomic E-state index is 12.2. The molecule has 2 saturated heterocycles. The van der Waals surface area contributed by atoms with E-state index in [2.05, 4.69) is 10.1 Å². The molecule has 108 valence electrons. The van der Waals surface area contributed by atoms with Crippen LogP contribution in [0.4, 0.5) is 0 Å². The van der Waals surface area contributed by atoms with E-state index < -0.39 is 5.92 Å². The summed E-state index contributed by atoms with van der Waals surface area (Å²) in [6.07, 6.45) is 4.90. The fraction of sp³-hybridized carbons (Fsp3) is 0.846. The number of amidine groups is 1. The molecule has 1 amide bonds. The molecular formula is C13H24N4O2. The van der Waals surface area contributed by atoms with E-state index in [9.17, 15) is 4.79 Å². The van der Waals surface area contributed by atoms with Crippen LogP contribution in [0.3, 0.4) is 0 Å². The molecule has 0 saturated carbocycles. The summed E-state index contributed by atoms with van der Waals surface area (Å²) >= 11 is 0. The molecular weight excluding hydrogens is 244 g/mol. The molecule has 2 atom stereocenters. The monoisotopic (exact) mass is 268 g/mol. The first kappa shape index (κ1) is 14.1. The first-order valence-electron chi connectivity index (χ1n) is 7.13. The highest BCUT2D eigenvalue weighted by Crippen LogP contribution is 2.21. The standard InChI is InChI=1S/C13H24N4O2/c1-10(12(14)15-19)13(18)17-8-5-11(9-17)16-6-3-2-4-7-16/h10-11,19H,2-9H2,1H3,(H2,14,15). The smallest absolute Gasteiger partial charge is 0.233 e. The maximum Gasteiger partial charge on any atom is 0.233 e. The minimum atomic E-state index is -0.537. The fourth-order valence-electron chi connectivity index (χ4n) is 3.01. The Labute approximate surface area is 114 Å². The average Bonchev–Trinajstić information content (AvgIpc) is 2.95. The van der Waals surface area contributed by atoms with E-state index in [0.717, 1.165) is 32.6 Å². The van der Waals surface area contributed by atoms with E-state index in [0.29, 0.717) is 6.04 Å². The number of nitrogens with zero attached hydrogens (tertiary/aromatic N) is 3. The van der Waals surface area contributed by atoms with Gasteiger partial charge in [0, 0.05) is 19.1 Å². The van der Waals surface area contributed by atoms with Crippen molar-refractivity contribution in [3.8, 4) is 0 Å². The highest BCUT2D eigenvalue weighted by atomic mass is 16.4. The number of carbonyl (C=O) groups excluding carboxylic acids is 1. The normalized spacial score (nSPS) is 27.5. The van der Waals surface area contributed by atoms with Gasteiger partial charge >= 0.3 is 0 Å². The van der Waals surface area contributed by atoms with Gasteiger partial charge in [-0.25, -0.2) is 0 Å². The molecule has 2 aliphatic heterocycles. The van der Waals surface area contributed by atoms with Crippen LogP contribution in [-0.4, -0.2) is 59.0 Å². The number of hydrogen-bond donors (Lipinski definition) is 2. The van der Waals surface area contributed by atoms with Gasteiger partial charge < -0.3 is 15.8 Å². The zero-order valence-corrected chi connectivity index (χ0v) is 11.6. The number of oxime groups is 1. The lowest BCUT2D eigenvalue weighted by molar-refractivity contribution is -0.132. The zero-order valence-electron chi connectivity index (χ0n) is 11.6. The van der Waals surface area contributed by atoms with Crippen LogP contribution < -0.4 is 5.73 Å². The number of amides is 1. The van der Waals surface area contributed by atoms with E-state index in [1.165, 1.54) is 19.3 Å². The Morgan fingerprint density at radius 3 is 2.63 bits per heavy atom. The van der Waals surface area contributed by atoms with Crippen molar-refractivity contribution in [3.05, 3.63) is 0 Å². The van der Waals surface area contributed by atoms with Crippen molar-refractivity contribution < 1.29 is 10.0 Å². The Hall–Kier alpha value is -1.30. The van der Waals surface area contributed by atoms with Crippen LogP contribution in [0.15, 0.2) is 5.16 Å². The van der Waals surface area contributed by atoms with Gasteiger partial charge in [-0.3, -0.25) is 9.69 Å². The molecule has 6 nitrogen and oxygen atoms in total. The van der Waals surface area contributed by atoms with Gasteiger partial charge in [-0.05, 0) is 39.3 Å². The second-order valence-electron chi connectivity index (χ2n) is 5.57. The fourth-order valence-corrected chi connectivity index (χ4v) is 3.01. The maximum atomic E-state index is 12.2. The van der Waals surface area contributed by atoms with Gasteiger partial charge in [0.25, 0.3) is 0 Å². The predicted molar refractivity (Wildman–Crippen MR) is 73.0 cm³/mol. The second-order valence-corrected chi connectivity index (χ2v) is 5.57. The Morgan fingerprint density at radius 2 is 2.00 bits per heavy atom. The minimum Gasteiger partial charge on any atom is -0.409 e. The highest BCUT2D eigenvalue weighted by Gasteiger charge is 2.33. The van der Waals surface area contributed by atoms with Crippen LogP contribution >= 0.6 is 0 Å². The molecule has 3 N–H and O–H groups in total. The molecule has 0 aromatic heterocycles. The van der Waals surface area contributed by atoms with Crippen molar-refractivity contribution in [2.75, 3.05) is 26.2 Å². The lowest BCUT2D eigenvalue weighted by Crippen LogP contribution is -2.44. The second kappa shape index (κ2) is 6.23. The highest BCUT2D eigenvalue weighted by molar-refractivity contribution is 6.01. The molecule has 2 heterocycles. The summed E-state index contributed by atoms with van der Waals surface area (Å²) in [5, 5.41) is 11.6. The van der Waals surface area contributed by atoms with Crippen molar-refractivity contribution in [1.82, 2.24) is 9.80 Å². The number of hydrogen-bond acceptors (Lipinski definition) is 4. The third-order valence-electron chi connectivity index (χ3n) is 4.31. The van der Waals surface area contributed by atoms with Crippen molar-refractivity contribution in [2.45, 2.75) is 38.6 Å². The first-order valence-corrected chi connectivity index (χ1v) is 7.13. The molecule has 0 spiro atoms. The Morgan fingerprint density at radius 1 is 1.32 bits per heavy atom. The van der Waals surface area contributed by atoms with E-state index in [-0.39, 0.29) is 11.7 Å². The SMILES string of the molecule is CC(C(=O)N1CCC(N2CCCCC2)C1)C(N)=NO. The average molecular weight is 268 g/mol. The van der Waals surface area contributed by atoms with E-state index in [1.54, 1.807) is 6.92 Å². The van der Waals surface area contributed by atoms with E-state index in [1.807, 2.05) is 4.90 Å². The third-order valence-corrected chi connectivity index (χ3v) is 4.31. The molecule has 0 bridgehead atoms. The Balaban J connectivity index is 1.88. The van der Waals surface area contributed by atoms with Crippen LogP contribution in [0.2, 0.25) is 0 Å². The largest absolute Gasteiger partial charge is 0.409 e. The summed E-state index contributed by atoms with van der Waals surface area (Å²) in [5.41, 5.74) is 5.50. The molecule has 2 rings (SSSR count). The molecule has 0 radical (unpaired) electrons. The topological polar surface area (TPSA) is 82.2 Å². The van der Waals surface area contributed by atoms with E-state index in [4.69, 9.17) is 10.9 Å².